The van der Waals surface area contributed by atoms with Crippen LogP contribution in [0.2, 0.25) is 0 Å². The second-order valence-electron chi connectivity index (χ2n) is 9.82. The highest BCUT2D eigenvalue weighted by atomic mass is 16.5. The molecule has 1 atom stereocenters. The Kier molecular flexibility index (Phi) is 7.17. The van der Waals surface area contributed by atoms with E-state index in [9.17, 15) is 9.59 Å². The van der Waals surface area contributed by atoms with Gasteiger partial charge in [0.15, 0.2) is 5.76 Å². The van der Waals surface area contributed by atoms with Crippen molar-refractivity contribution < 1.29 is 33.3 Å². The van der Waals surface area contributed by atoms with E-state index in [2.05, 4.69) is 0 Å². The van der Waals surface area contributed by atoms with Gasteiger partial charge >= 0.3 is 5.97 Å². The molecule has 0 N–H and O–H groups in total. The number of fused-ring (bicyclic) bond motifs is 3. The molecule has 0 amide bonds. The number of carbonyl (C=O) groups is 2. The van der Waals surface area contributed by atoms with E-state index in [1.807, 2.05) is 72.8 Å². The molecule has 0 aliphatic carbocycles. The van der Waals surface area contributed by atoms with Gasteiger partial charge in [0.2, 0.25) is 5.78 Å². The number of benzene rings is 4. The maximum absolute atomic E-state index is 13.3. The van der Waals surface area contributed by atoms with E-state index in [-0.39, 0.29) is 29.9 Å². The van der Waals surface area contributed by atoms with Crippen molar-refractivity contribution in [2.45, 2.75) is 18.8 Å². The van der Waals surface area contributed by atoms with Crippen molar-refractivity contribution in [2.24, 2.45) is 0 Å². The molecule has 0 saturated carbocycles. The van der Waals surface area contributed by atoms with Crippen LogP contribution >= 0.6 is 0 Å². The first-order valence-electron chi connectivity index (χ1n) is 13.3. The lowest BCUT2D eigenvalue weighted by molar-refractivity contribution is -0.135. The van der Waals surface area contributed by atoms with Crippen LogP contribution in [0.4, 0.5) is 0 Å². The summed E-state index contributed by atoms with van der Waals surface area (Å²) >= 11 is 0. The highest BCUT2D eigenvalue weighted by Crippen LogP contribution is 2.49. The van der Waals surface area contributed by atoms with Gasteiger partial charge in [0, 0.05) is 17.9 Å². The molecule has 0 radical (unpaired) electrons. The number of hydrogen-bond donors (Lipinski definition) is 0. The van der Waals surface area contributed by atoms with Crippen LogP contribution in [0.3, 0.4) is 0 Å². The minimum absolute atomic E-state index is 0.119. The molecule has 0 unspecified atom stereocenters. The third-order valence-corrected chi connectivity index (χ3v) is 7.27. The third-order valence-electron chi connectivity index (χ3n) is 7.27. The molecule has 2 heterocycles. The average Bonchev–Trinajstić information content (AvgIpc) is 3.32. The first-order valence-corrected chi connectivity index (χ1v) is 13.3. The van der Waals surface area contributed by atoms with Gasteiger partial charge in [-0.05, 0) is 71.3 Å². The van der Waals surface area contributed by atoms with Gasteiger partial charge in [-0.1, -0.05) is 36.4 Å². The number of hydrogen-bond acceptors (Lipinski definition) is 7. The second-order valence-corrected chi connectivity index (χ2v) is 9.82. The van der Waals surface area contributed by atoms with Crippen molar-refractivity contribution in [3.8, 4) is 28.7 Å². The SMILES string of the molecule is COc1ccc(/C=C2\Oc3c(ccc4c3[C@@H](c3cccc(OCCc5ccc(OC)cc5)c3)CC(=O)O4)C2=O)cc1. The lowest BCUT2D eigenvalue weighted by Crippen LogP contribution is -2.21. The van der Waals surface area contributed by atoms with Crippen molar-refractivity contribution in [1.29, 1.82) is 0 Å². The quantitative estimate of drug-likeness (QED) is 0.144. The summed E-state index contributed by atoms with van der Waals surface area (Å²) in [5.74, 6) is 2.35. The first-order chi connectivity index (χ1) is 20.0. The molecular formula is C34H28O7. The van der Waals surface area contributed by atoms with Crippen molar-refractivity contribution in [3.05, 3.63) is 119 Å². The molecule has 0 fully saturated rings. The molecule has 206 valence electrons. The zero-order chi connectivity index (χ0) is 28.3. The van der Waals surface area contributed by atoms with Crippen LogP contribution in [0.15, 0.2) is 90.7 Å². The van der Waals surface area contributed by atoms with E-state index in [4.69, 9.17) is 23.7 Å². The van der Waals surface area contributed by atoms with E-state index >= 15 is 0 Å². The van der Waals surface area contributed by atoms with Crippen molar-refractivity contribution >= 4 is 17.8 Å². The van der Waals surface area contributed by atoms with E-state index in [1.165, 1.54) is 0 Å². The summed E-state index contributed by atoms with van der Waals surface area (Å²) in [5.41, 5.74) is 3.95. The lowest BCUT2D eigenvalue weighted by atomic mass is 9.84. The molecule has 2 aliphatic heterocycles. The van der Waals surface area contributed by atoms with Crippen molar-refractivity contribution in [1.82, 2.24) is 0 Å². The summed E-state index contributed by atoms with van der Waals surface area (Å²) in [6, 6.07) is 26.3. The minimum atomic E-state index is -0.362. The van der Waals surface area contributed by atoms with Crippen LogP contribution < -0.4 is 23.7 Å². The molecule has 6 rings (SSSR count). The maximum atomic E-state index is 13.3. The number of allylic oxidation sites excluding steroid dienone is 1. The molecule has 0 spiro atoms. The Morgan fingerprint density at radius 1 is 0.829 bits per heavy atom. The first kappa shape index (κ1) is 26.2. The van der Waals surface area contributed by atoms with Gasteiger partial charge in [0.25, 0.3) is 0 Å². The Hall–Kier alpha value is -5.04. The van der Waals surface area contributed by atoms with Gasteiger partial charge in [0.1, 0.15) is 28.7 Å². The Morgan fingerprint density at radius 2 is 1.56 bits per heavy atom. The molecule has 0 bridgehead atoms. The zero-order valence-electron chi connectivity index (χ0n) is 22.7. The molecule has 0 saturated heterocycles. The van der Waals surface area contributed by atoms with Gasteiger partial charge in [0.05, 0.1) is 32.8 Å². The predicted molar refractivity (Wildman–Crippen MR) is 153 cm³/mol. The number of Topliss-reactive ketones (excluding diaryl/α,β-unsaturated/α-hetero) is 1. The van der Waals surface area contributed by atoms with Gasteiger partial charge in [-0.25, -0.2) is 0 Å². The molecule has 7 nitrogen and oxygen atoms in total. The smallest absolute Gasteiger partial charge is 0.312 e. The summed E-state index contributed by atoms with van der Waals surface area (Å²) in [7, 11) is 3.25. The summed E-state index contributed by atoms with van der Waals surface area (Å²) < 4.78 is 28.3. The molecule has 41 heavy (non-hydrogen) atoms. The number of carbonyl (C=O) groups excluding carboxylic acids is 2. The van der Waals surface area contributed by atoms with E-state index < -0.39 is 0 Å². The fourth-order valence-corrected chi connectivity index (χ4v) is 5.14. The van der Waals surface area contributed by atoms with Crippen molar-refractivity contribution in [3.63, 3.8) is 0 Å². The fraction of sp³-hybridized carbons (Fsp3) is 0.176. The molecule has 4 aromatic rings. The van der Waals surface area contributed by atoms with Crippen LogP contribution in [-0.4, -0.2) is 32.6 Å². The van der Waals surface area contributed by atoms with E-state index in [0.29, 0.717) is 35.0 Å². The normalized spacial score (nSPS) is 16.4. The number of ether oxygens (including phenoxy) is 5. The van der Waals surface area contributed by atoms with Gasteiger partial charge in [-0.3, -0.25) is 9.59 Å². The van der Waals surface area contributed by atoms with E-state index in [0.717, 1.165) is 34.6 Å². The van der Waals surface area contributed by atoms with Crippen LogP contribution in [0.5, 0.6) is 28.7 Å². The highest BCUT2D eigenvalue weighted by Gasteiger charge is 2.38. The summed E-state index contributed by atoms with van der Waals surface area (Å²) in [6.45, 7) is 0.492. The average molecular weight is 549 g/mol. The summed E-state index contributed by atoms with van der Waals surface area (Å²) in [6.07, 6.45) is 2.56. The monoisotopic (exact) mass is 548 g/mol. The molecule has 2 aliphatic rings. The predicted octanol–water partition coefficient (Wildman–Crippen LogP) is 6.38. The molecule has 7 heteroatoms. The Morgan fingerprint density at radius 3 is 2.29 bits per heavy atom. The van der Waals surface area contributed by atoms with Gasteiger partial charge in [-0.15, -0.1) is 0 Å². The topological polar surface area (TPSA) is 80.3 Å². The fourth-order valence-electron chi connectivity index (χ4n) is 5.14. The standard InChI is InChI=1S/C34H28O7/c1-37-24-10-6-21(7-11-24)16-17-39-26-5-3-4-23(19-26)28-20-31(35)40-29-15-14-27-33(36)30(41-34(27)32(28)29)18-22-8-12-25(38-2)13-9-22/h3-15,18-19,28H,16-17,20H2,1-2H3/b30-18-/t28-/m1/s1. The Labute approximate surface area is 237 Å². The van der Waals surface area contributed by atoms with Crippen LogP contribution in [0, 0.1) is 0 Å². The Bertz CT molecular complexity index is 1640. The summed E-state index contributed by atoms with van der Waals surface area (Å²) in [5, 5.41) is 0. The van der Waals surface area contributed by atoms with Gasteiger partial charge in [-0.2, -0.15) is 0 Å². The Balaban J connectivity index is 1.26. The van der Waals surface area contributed by atoms with Gasteiger partial charge < -0.3 is 23.7 Å². The molecular weight excluding hydrogens is 520 g/mol. The third kappa shape index (κ3) is 5.39. The molecule has 0 aromatic heterocycles. The number of methoxy groups -OCH3 is 2. The largest absolute Gasteiger partial charge is 0.497 e. The van der Waals surface area contributed by atoms with E-state index in [1.54, 1.807) is 32.4 Å². The van der Waals surface area contributed by atoms with Crippen LogP contribution in [0.25, 0.3) is 6.08 Å². The summed E-state index contributed by atoms with van der Waals surface area (Å²) in [4.78, 5) is 25.9. The van der Waals surface area contributed by atoms with Crippen molar-refractivity contribution in [2.75, 3.05) is 20.8 Å². The highest BCUT2D eigenvalue weighted by molar-refractivity contribution is 6.15. The number of rotatable bonds is 8. The minimum Gasteiger partial charge on any atom is -0.497 e. The number of esters is 1. The van der Waals surface area contributed by atoms with Crippen LogP contribution in [0.1, 0.15) is 45.0 Å². The number of ketones is 1. The maximum Gasteiger partial charge on any atom is 0.312 e. The molecule has 4 aromatic carbocycles. The zero-order valence-corrected chi connectivity index (χ0v) is 22.7. The van der Waals surface area contributed by atoms with Crippen LogP contribution in [-0.2, 0) is 11.2 Å². The second kappa shape index (κ2) is 11.2. The lowest BCUT2D eigenvalue weighted by Gasteiger charge is -2.26.